The van der Waals surface area contributed by atoms with Crippen LogP contribution in [0.3, 0.4) is 0 Å². The molecule has 2 rings (SSSR count). The Balaban J connectivity index is 2.07. The van der Waals surface area contributed by atoms with Crippen molar-refractivity contribution in [1.82, 2.24) is 14.9 Å². The highest BCUT2D eigenvalue weighted by molar-refractivity contribution is 9.10. The molecule has 0 aliphatic rings. The zero-order valence-corrected chi connectivity index (χ0v) is 11.6. The number of carbonyl (C=O) groups excluding carboxylic acids is 1. The molecule has 0 atom stereocenters. The summed E-state index contributed by atoms with van der Waals surface area (Å²) in [5, 5.41) is 0. The number of carbonyl (C=O) groups is 1. The van der Waals surface area contributed by atoms with Crippen LogP contribution in [0.15, 0.2) is 33.6 Å². The zero-order valence-electron chi connectivity index (χ0n) is 10.1. The van der Waals surface area contributed by atoms with Gasteiger partial charge in [-0.25, -0.2) is 4.98 Å². The highest BCUT2D eigenvalue weighted by Crippen LogP contribution is 2.15. The number of amides is 1. The van der Waals surface area contributed by atoms with Gasteiger partial charge >= 0.3 is 0 Å². The second kappa shape index (κ2) is 5.30. The fourth-order valence-electron chi connectivity index (χ4n) is 1.44. The van der Waals surface area contributed by atoms with Crippen molar-refractivity contribution in [2.75, 3.05) is 7.05 Å². The Hall–Kier alpha value is -1.69. The monoisotopic (exact) mass is 309 g/mol. The number of aromatic nitrogens is 2. The summed E-state index contributed by atoms with van der Waals surface area (Å²) in [6.45, 7) is 2.21. The van der Waals surface area contributed by atoms with Gasteiger partial charge in [-0.2, -0.15) is 0 Å². The van der Waals surface area contributed by atoms with Gasteiger partial charge in [0.25, 0.3) is 5.91 Å². The number of hydrogen-bond donors (Lipinski definition) is 0. The zero-order chi connectivity index (χ0) is 13.1. The first kappa shape index (κ1) is 12.8. The Labute approximate surface area is 113 Å². The minimum Gasteiger partial charge on any atom is -0.452 e. The molecule has 0 unspecified atom stereocenters. The molecule has 5 nitrogen and oxygen atoms in total. The van der Waals surface area contributed by atoms with Crippen LogP contribution in [-0.2, 0) is 6.54 Å². The van der Waals surface area contributed by atoms with Crippen molar-refractivity contribution in [3.63, 3.8) is 0 Å². The minimum absolute atomic E-state index is 0.185. The molecule has 0 fully saturated rings. The molecule has 18 heavy (non-hydrogen) atoms. The van der Waals surface area contributed by atoms with Crippen molar-refractivity contribution in [3.8, 4) is 0 Å². The number of hydrogen-bond acceptors (Lipinski definition) is 4. The first-order valence-corrected chi connectivity index (χ1v) is 6.14. The molecule has 94 valence electrons. The van der Waals surface area contributed by atoms with Crippen LogP contribution in [0.25, 0.3) is 0 Å². The van der Waals surface area contributed by atoms with Crippen molar-refractivity contribution < 1.29 is 9.21 Å². The highest BCUT2D eigenvalue weighted by atomic mass is 79.9. The van der Waals surface area contributed by atoms with Crippen LogP contribution in [0.1, 0.15) is 21.9 Å². The third kappa shape index (κ3) is 2.95. The van der Waals surface area contributed by atoms with E-state index in [4.69, 9.17) is 4.42 Å². The maximum absolute atomic E-state index is 12.0. The number of halogens is 1. The van der Waals surface area contributed by atoms with Gasteiger partial charge < -0.3 is 9.32 Å². The maximum Gasteiger partial charge on any atom is 0.274 e. The third-order valence-corrected chi connectivity index (χ3v) is 2.79. The van der Waals surface area contributed by atoms with E-state index in [-0.39, 0.29) is 5.91 Å². The fraction of sp³-hybridized carbons (Fsp3) is 0.250. The Kier molecular flexibility index (Phi) is 3.76. The summed E-state index contributed by atoms with van der Waals surface area (Å²) in [6.07, 6.45) is 3.05. The quantitative estimate of drug-likeness (QED) is 0.873. The number of aryl methyl sites for hydroxylation is 1. The molecule has 0 radical (unpaired) electrons. The van der Waals surface area contributed by atoms with Gasteiger partial charge in [-0.3, -0.25) is 9.78 Å². The van der Waals surface area contributed by atoms with Crippen LogP contribution in [0.5, 0.6) is 0 Å². The van der Waals surface area contributed by atoms with Crippen LogP contribution in [0.2, 0.25) is 0 Å². The summed E-state index contributed by atoms with van der Waals surface area (Å²) < 4.78 is 5.99. The van der Waals surface area contributed by atoms with E-state index in [9.17, 15) is 4.79 Å². The molecular formula is C12H12BrN3O2. The smallest absolute Gasteiger partial charge is 0.274 e. The molecule has 0 aromatic carbocycles. The molecular weight excluding hydrogens is 298 g/mol. The van der Waals surface area contributed by atoms with E-state index in [0.717, 1.165) is 5.69 Å². The summed E-state index contributed by atoms with van der Waals surface area (Å²) in [4.78, 5) is 21.7. The summed E-state index contributed by atoms with van der Waals surface area (Å²) >= 11 is 3.22. The minimum atomic E-state index is -0.185. The fourth-order valence-corrected chi connectivity index (χ4v) is 1.78. The molecule has 2 aromatic heterocycles. The molecule has 0 N–H and O–H groups in total. The van der Waals surface area contributed by atoms with Gasteiger partial charge in [0, 0.05) is 13.2 Å². The van der Waals surface area contributed by atoms with Crippen LogP contribution < -0.4 is 0 Å². The molecule has 0 aliphatic heterocycles. The van der Waals surface area contributed by atoms with E-state index in [1.54, 1.807) is 19.3 Å². The number of furan rings is 1. The van der Waals surface area contributed by atoms with Crippen molar-refractivity contribution in [2.45, 2.75) is 13.5 Å². The normalized spacial score (nSPS) is 10.4. The van der Waals surface area contributed by atoms with Crippen molar-refractivity contribution in [3.05, 3.63) is 46.3 Å². The Morgan fingerprint density at radius 2 is 2.17 bits per heavy atom. The molecule has 0 spiro atoms. The van der Waals surface area contributed by atoms with Gasteiger partial charge in [-0.05, 0) is 35.0 Å². The third-order valence-electron chi connectivity index (χ3n) is 2.37. The Morgan fingerprint density at radius 1 is 1.39 bits per heavy atom. The van der Waals surface area contributed by atoms with E-state index in [1.165, 1.54) is 11.1 Å². The lowest BCUT2D eigenvalue weighted by Gasteiger charge is -2.14. The molecule has 6 heteroatoms. The topological polar surface area (TPSA) is 59.2 Å². The summed E-state index contributed by atoms with van der Waals surface area (Å²) in [6, 6.07) is 3.61. The SMILES string of the molecule is Cc1cnc(C(=O)N(C)Cc2ccc(Br)o2)cn1. The summed E-state index contributed by atoms with van der Waals surface area (Å²) in [5.41, 5.74) is 1.11. The first-order chi connectivity index (χ1) is 8.56. The predicted octanol–water partition coefficient (Wildman–Crippen LogP) is 2.41. The van der Waals surface area contributed by atoms with E-state index in [1.807, 2.05) is 13.0 Å². The van der Waals surface area contributed by atoms with E-state index in [2.05, 4.69) is 25.9 Å². The van der Waals surface area contributed by atoms with Gasteiger partial charge in [0.2, 0.25) is 0 Å². The summed E-state index contributed by atoms with van der Waals surface area (Å²) in [7, 11) is 1.69. The Morgan fingerprint density at radius 3 is 2.72 bits per heavy atom. The second-order valence-corrected chi connectivity index (χ2v) is 4.69. The van der Waals surface area contributed by atoms with Gasteiger partial charge in [-0.1, -0.05) is 0 Å². The van der Waals surface area contributed by atoms with E-state index in [0.29, 0.717) is 22.7 Å². The van der Waals surface area contributed by atoms with Crippen LogP contribution in [0, 0.1) is 6.92 Å². The molecule has 0 bridgehead atoms. The van der Waals surface area contributed by atoms with Crippen molar-refractivity contribution in [1.29, 1.82) is 0 Å². The molecule has 2 aromatic rings. The van der Waals surface area contributed by atoms with E-state index >= 15 is 0 Å². The van der Waals surface area contributed by atoms with Crippen molar-refractivity contribution >= 4 is 21.8 Å². The highest BCUT2D eigenvalue weighted by Gasteiger charge is 2.15. The number of rotatable bonds is 3. The number of nitrogens with zero attached hydrogens (tertiary/aromatic N) is 3. The largest absolute Gasteiger partial charge is 0.452 e. The van der Waals surface area contributed by atoms with Crippen LogP contribution in [-0.4, -0.2) is 27.8 Å². The standard InChI is InChI=1S/C12H12BrN3O2/c1-8-5-15-10(6-14-8)12(17)16(2)7-9-3-4-11(13)18-9/h3-6H,7H2,1-2H3. The molecule has 0 saturated carbocycles. The van der Waals surface area contributed by atoms with Crippen LogP contribution >= 0.6 is 15.9 Å². The lowest BCUT2D eigenvalue weighted by molar-refractivity contribution is 0.0768. The molecule has 0 saturated heterocycles. The van der Waals surface area contributed by atoms with E-state index < -0.39 is 0 Å². The summed E-state index contributed by atoms with van der Waals surface area (Å²) in [5.74, 6) is 0.521. The average Bonchev–Trinajstić information content (AvgIpc) is 2.75. The average molecular weight is 310 g/mol. The van der Waals surface area contributed by atoms with Gasteiger partial charge in [-0.15, -0.1) is 0 Å². The van der Waals surface area contributed by atoms with Crippen molar-refractivity contribution in [2.24, 2.45) is 0 Å². The molecule has 0 aliphatic carbocycles. The predicted molar refractivity (Wildman–Crippen MR) is 69.0 cm³/mol. The van der Waals surface area contributed by atoms with Gasteiger partial charge in [0.1, 0.15) is 11.5 Å². The molecule has 2 heterocycles. The second-order valence-electron chi connectivity index (χ2n) is 3.91. The first-order valence-electron chi connectivity index (χ1n) is 5.34. The lowest BCUT2D eigenvalue weighted by Crippen LogP contribution is -2.27. The molecule has 1 amide bonds. The van der Waals surface area contributed by atoms with Gasteiger partial charge in [0.05, 0.1) is 18.4 Å². The Bertz CT molecular complexity index is 551. The maximum atomic E-state index is 12.0. The van der Waals surface area contributed by atoms with Gasteiger partial charge in [0.15, 0.2) is 4.67 Å². The van der Waals surface area contributed by atoms with Crippen LogP contribution in [0.4, 0.5) is 0 Å². The lowest BCUT2D eigenvalue weighted by atomic mass is 10.3.